The molecule has 0 spiro atoms. The van der Waals surface area contributed by atoms with Gasteiger partial charge >= 0.3 is 5.97 Å². The van der Waals surface area contributed by atoms with Crippen LogP contribution in [0.2, 0.25) is 0 Å². The van der Waals surface area contributed by atoms with Crippen LogP contribution in [0.15, 0.2) is 12.2 Å². The summed E-state index contributed by atoms with van der Waals surface area (Å²) in [7, 11) is 0. The van der Waals surface area contributed by atoms with Crippen molar-refractivity contribution < 1.29 is 19.4 Å². The van der Waals surface area contributed by atoms with Crippen LogP contribution in [0.25, 0.3) is 0 Å². The molecule has 0 aromatic carbocycles. The first kappa shape index (κ1) is 12.1. The molecule has 2 unspecified atom stereocenters. The van der Waals surface area contributed by atoms with Crippen LogP contribution in [0.3, 0.4) is 0 Å². The summed E-state index contributed by atoms with van der Waals surface area (Å²) >= 11 is 0. The number of hydrogen-bond donors (Lipinski definition) is 1. The van der Waals surface area contributed by atoms with Crippen molar-refractivity contribution in [2.75, 3.05) is 19.7 Å². The van der Waals surface area contributed by atoms with E-state index in [9.17, 15) is 9.59 Å². The van der Waals surface area contributed by atoms with E-state index in [0.717, 1.165) is 18.6 Å². The molecule has 1 amide bonds. The molecular formula is C12H17NO4. The monoisotopic (exact) mass is 239 g/mol. The van der Waals surface area contributed by atoms with Crippen LogP contribution in [-0.4, -0.2) is 47.7 Å². The number of fused-ring (bicyclic) bond motifs is 2. The maximum atomic E-state index is 11.7. The fourth-order valence-electron chi connectivity index (χ4n) is 2.74. The number of rotatable bonds is 4. The SMILES string of the molecule is CCOC1C2CC1CN(C(=O)/C=C/C(=O)O)C2. The number of carbonyl (C=O) groups is 2. The van der Waals surface area contributed by atoms with E-state index >= 15 is 0 Å². The molecule has 2 bridgehead atoms. The third-order valence-corrected chi connectivity index (χ3v) is 3.48. The largest absolute Gasteiger partial charge is 0.478 e. The first-order chi connectivity index (χ1) is 8.11. The Labute approximate surface area is 100 Å². The van der Waals surface area contributed by atoms with Crippen molar-refractivity contribution in [2.45, 2.75) is 19.4 Å². The zero-order valence-corrected chi connectivity index (χ0v) is 9.83. The Balaban J connectivity index is 1.87. The standard InChI is InChI=1S/C12H17NO4/c1-2-17-12-8-5-9(12)7-13(6-8)10(14)3-4-11(15)16/h3-4,8-9,12H,2,5-7H2,1H3,(H,15,16)/b4-3+. The van der Waals surface area contributed by atoms with Gasteiger partial charge in [0.1, 0.15) is 0 Å². The van der Waals surface area contributed by atoms with E-state index in [0.29, 0.717) is 37.6 Å². The lowest BCUT2D eigenvalue weighted by molar-refractivity contribution is -0.157. The summed E-state index contributed by atoms with van der Waals surface area (Å²) in [5, 5.41) is 8.46. The zero-order chi connectivity index (χ0) is 12.4. The van der Waals surface area contributed by atoms with Gasteiger partial charge in [0, 0.05) is 43.7 Å². The van der Waals surface area contributed by atoms with Crippen molar-refractivity contribution in [3.05, 3.63) is 12.2 Å². The van der Waals surface area contributed by atoms with E-state index < -0.39 is 5.97 Å². The molecule has 2 saturated heterocycles. The minimum atomic E-state index is -1.09. The molecule has 0 radical (unpaired) electrons. The van der Waals surface area contributed by atoms with E-state index in [1.807, 2.05) is 6.92 Å². The van der Waals surface area contributed by atoms with Gasteiger partial charge in [0.05, 0.1) is 6.10 Å². The number of carboxylic acid groups (broad SMARTS) is 1. The molecule has 2 atom stereocenters. The first-order valence-electron chi connectivity index (χ1n) is 5.93. The highest BCUT2D eigenvalue weighted by molar-refractivity contribution is 5.94. The molecular weight excluding hydrogens is 222 g/mol. The summed E-state index contributed by atoms with van der Waals surface area (Å²) in [5.41, 5.74) is 0. The average Bonchev–Trinajstić information content (AvgIpc) is 2.33. The highest BCUT2D eigenvalue weighted by Crippen LogP contribution is 2.42. The highest BCUT2D eigenvalue weighted by Gasteiger charge is 2.48. The Morgan fingerprint density at radius 3 is 2.53 bits per heavy atom. The summed E-state index contributed by atoms with van der Waals surface area (Å²) in [5.74, 6) is -0.448. The van der Waals surface area contributed by atoms with Gasteiger partial charge in [-0.25, -0.2) is 4.79 Å². The maximum Gasteiger partial charge on any atom is 0.328 e. The molecule has 1 N–H and O–H groups in total. The lowest BCUT2D eigenvalue weighted by Gasteiger charge is -2.52. The number of carbonyl (C=O) groups excluding carboxylic acids is 1. The summed E-state index contributed by atoms with van der Waals surface area (Å²) in [6, 6.07) is 0. The first-order valence-corrected chi connectivity index (χ1v) is 5.93. The fraction of sp³-hybridized carbons (Fsp3) is 0.667. The molecule has 2 aliphatic heterocycles. The quantitative estimate of drug-likeness (QED) is 0.726. The summed E-state index contributed by atoms with van der Waals surface area (Å²) in [6.45, 7) is 4.06. The zero-order valence-electron chi connectivity index (χ0n) is 9.83. The molecule has 0 aromatic rings. The number of carboxylic acids is 1. The van der Waals surface area contributed by atoms with Crippen LogP contribution in [0.5, 0.6) is 0 Å². The normalized spacial score (nSPS) is 31.4. The number of hydrogen-bond acceptors (Lipinski definition) is 3. The van der Waals surface area contributed by atoms with Crippen LogP contribution in [0, 0.1) is 11.8 Å². The molecule has 94 valence electrons. The second kappa shape index (κ2) is 4.87. The summed E-state index contributed by atoms with van der Waals surface area (Å²) < 4.78 is 5.62. The Morgan fingerprint density at radius 2 is 2.00 bits per heavy atom. The number of ether oxygens (including phenoxy) is 1. The van der Waals surface area contributed by atoms with Crippen LogP contribution in [0.4, 0.5) is 0 Å². The molecule has 3 aliphatic rings. The number of nitrogens with zero attached hydrogens (tertiary/aromatic N) is 1. The molecule has 0 aromatic heterocycles. The van der Waals surface area contributed by atoms with Crippen LogP contribution in [-0.2, 0) is 14.3 Å². The van der Waals surface area contributed by atoms with Gasteiger partial charge in [-0.05, 0) is 13.3 Å². The fourth-order valence-corrected chi connectivity index (χ4v) is 2.74. The van der Waals surface area contributed by atoms with Crippen molar-refractivity contribution in [3.63, 3.8) is 0 Å². The molecule has 5 nitrogen and oxygen atoms in total. The number of amides is 1. The highest BCUT2D eigenvalue weighted by atomic mass is 16.5. The van der Waals surface area contributed by atoms with Gasteiger partial charge in [0.25, 0.3) is 0 Å². The van der Waals surface area contributed by atoms with Crippen LogP contribution < -0.4 is 0 Å². The second-order valence-corrected chi connectivity index (χ2v) is 4.59. The molecule has 3 rings (SSSR count). The van der Waals surface area contributed by atoms with Gasteiger partial charge in [-0.15, -0.1) is 0 Å². The van der Waals surface area contributed by atoms with Gasteiger partial charge in [-0.3, -0.25) is 4.79 Å². The van der Waals surface area contributed by atoms with Crippen molar-refractivity contribution >= 4 is 11.9 Å². The maximum absolute atomic E-state index is 11.7. The molecule has 1 aliphatic carbocycles. The van der Waals surface area contributed by atoms with Crippen molar-refractivity contribution in [3.8, 4) is 0 Å². The second-order valence-electron chi connectivity index (χ2n) is 4.59. The van der Waals surface area contributed by atoms with Gasteiger partial charge in [0.15, 0.2) is 0 Å². The van der Waals surface area contributed by atoms with E-state index in [1.165, 1.54) is 0 Å². The van der Waals surface area contributed by atoms with Crippen molar-refractivity contribution in [2.24, 2.45) is 11.8 Å². The van der Waals surface area contributed by atoms with Crippen LogP contribution in [0.1, 0.15) is 13.3 Å². The van der Waals surface area contributed by atoms with Gasteiger partial charge < -0.3 is 14.7 Å². The Bertz CT molecular complexity index is 340. The Kier molecular flexibility index (Phi) is 3.47. The van der Waals surface area contributed by atoms with E-state index in [4.69, 9.17) is 9.84 Å². The molecule has 2 heterocycles. The van der Waals surface area contributed by atoms with Gasteiger partial charge in [0.2, 0.25) is 5.91 Å². The molecule has 17 heavy (non-hydrogen) atoms. The third kappa shape index (κ3) is 2.49. The smallest absolute Gasteiger partial charge is 0.328 e. The minimum absolute atomic E-state index is 0.211. The lowest BCUT2D eigenvalue weighted by atomic mass is 9.68. The van der Waals surface area contributed by atoms with E-state index in [-0.39, 0.29) is 5.91 Å². The number of piperidine rings is 2. The Hall–Kier alpha value is -1.36. The third-order valence-electron chi connectivity index (χ3n) is 3.48. The van der Waals surface area contributed by atoms with E-state index in [2.05, 4.69) is 0 Å². The molecule has 5 heteroatoms. The minimum Gasteiger partial charge on any atom is -0.478 e. The number of aliphatic carboxylic acids is 1. The molecule has 1 saturated carbocycles. The summed E-state index contributed by atoms with van der Waals surface area (Å²) in [4.78, 5) is 23.7. The van der Waals surface area contributed by atoms with Crippen molar-refractivity contribution in [1.29, 1.82) is 0 Å². The van der Waals surface area contributed by atoms with Gasteiger partial charge in [-0.2, -0.15) is 0 Å². The topological polar surface area (TPSA) is 66.8 Å². The average molecular weight is 239 g/mol. The van der Waals surface area contributed by atoms with Gasteiger partial charge in [-0.1, -0.05) is 0 Å². The van der Waals surface area contributed by atoms with Crippen LogP contribution >= 0.6 is 0 Å². The lowest BCUT2D eigenvalue weighted by Crippen LogP contribution is -2.60. The Morgan fingerprint density at radius 1 is 1.35 bits per heavy atom. The predicted octanol–water partition coefficient (Wildman–Crippen LogP) is 0.511. The predicted molar refractivity (Wildman–Crippen MR) is 60.4 cm³/mol. The molecule has 3 fully saturated rings. The summed E-state index contributed by atoms with van der Waals surface area (Å²) in [6.07, 6.45) is 3.44. The van der Waals surface area contributed by atoms with E-state index in [1.54, 1.807) is 4.90 Å². The van der Waals surface area contributed by atoms with Crippen molar-refractivity contribution in [1.82, 2.24) is 4.90 Å².